The number of carbonyl (C=O) groups is 2. The third kappa shape index (κ3) is 4.12. The lowest BCUT2D eigenvalue weighted by Gasteiger charge is -2.26. The highest BCUT2D eigenvalue weighted by atomic mass is 16.5. The van der Waals surface area contributed by atoms with Crippen molar-refractivity contribution < 1.29 is 14.1 Å². The first-order valence-corrected chi connectivity index (χ1v) is 10.8. The third-order valence-corrected chi connectivity index (χ3v) is 5.75. The number of piperidine rings is 1. The molecular formula is C26H23N3O3. The second-order valence-corrected chi connectivity index (χ2v) is 8.04. The molecule has 0 spiro atoms. The summed E-state index contributed by atoms with van der Waals surface area (Å²) < 4.78 is 5.54. The van der Waals surface area contributed by atoms with E-state index in [2.05, 4.69) is 10.5 Å². The molecule has 1 aliphatic rings. The molecule has 5 rings (SSSR count). The maximum Gasteiger partial charge on any atom is 0.255 e. The number of nitrogens with one attached hydrogen (secondary N) is 1. The van der Waals surface area contributed by atoms with Crippen LogP contribution in [0.2, 0.25) is 0 Å². The Hall–Kier alpha value is -3.93. The summed E-state index contributed by atoms with van der Waals surface area (Å²) in [6, 6.07) is 22.7. The maximum absolute atomic E-state index is 13.0. The molecule has 0 bridgehead atoms. The van der Waals surface area contributed by atoms with E-state index in [0.717, 1.165) is 35.9 Å². The second kappa shape index (κ2) is 8.67. The number of fused-ring (bicyclic) bond motifs is 1. The van der Waals surface area contributed by atoms with Gasteiger partial charge in [-0.1, -0.05) is 47.6 Å². The minimum atomic E-state index is -0.210. The molecule has 0 radical (unpaired) electrons. The SMILES string of the molecule is O=C(Nc1cccc(CN2CCCCC2=O)c1)c1ccc2noc(-c3ccccc3)c2c1. The number of amides is 2. The van der Waals surface area contributed by atoms with E-state index in [-0.39, 0.29) is 11.8 Å². The van der Waals surface area contributed by atoms with Crippen molar-refractivity contribution in [3.8, 4) is 11.3 Å². The van der Waals surface area contributed by atoms with Crippen LogP contribution in [0.4, 0.5) is 5.69 Å². The quantitative estimate of drug-likeness (QED) is 0.473. The molecule has 0 aliphatic carbocycles. The van der Waals surface area contributed by atoms with E-state index in [1.54, 1.807) is 18.2 Å². The van der Waals surface area contributed by atoms with E-state index in [0.29, 0.717) is 35.5 Å². The molecule has 1 N–H and O–H groups in total. The maximum atomic E-state index is 13.0. The largest absolute Gasteiger partial charge is 0.355 e. The first-order chi connectivity index (χ1) is 15.7. The summed E-state index contributed by atoms with van der Waals surface area (Å²) >= 11 is 0. The summed E-state index contributed by atoms with van der Waals surface area (Å²) in [6.07, 6.45) is 2.62. The smallest absolute Gasteiger partial charge is 0.255 e. The van der Waals surface area contributed by atoms with Gasteiger partial charge in [-0.25, -0.2) is 0 Å². The average Bonchev–Trinajstić information content (AvgIpc) is 3.25. The molecule has 3 aromatic carbocycles. The van der Waals surface area contributed by atoms with Gasteiger partial charge in [0.2, 0.25) is 5.91 Å². The minimum Gasteiger partial charge on any atom is -0.355 e. The lowest BCUT2D eigenvalue weighted by atomic mass is 10.1. The minimum absolute atomic E-state index is 0.196. The van der Waals surface area contributed by atoms with Crippen LogP contribution in [-0.2, 0) is 11.3 Å². The van der Waals surface area contributed by atoms with Crippen molar-refractivity contribution in [2.45, 2.75) is 25.8 Å². The van der Waals surface area contributed by atoms with E-state index >= 15 is 0 Å². The molecule has 1 fully saturated rings. The van der Waals surface area contributed by atoms with Gasteiger partial charge in [-0.2, -0.15) is 0 Å². The number of benzene rings is 3. The molecule has 32 heavy (non-hydrogen) atoms. The Morgan fingerprint density at radius 1 is 1.00 bits per heavy atom. The number of anilines is 1. The molecule has 1 aliphatic heterocycles. The van der Waals surface area contributed by atoms with Gasteiger partial charge in [0.25, 0.3) is 5.91 Å². The Morgan fingerprint density at radius 3 is 2.72 bits per heavy atom. The second-order valence-electron chi connectivity index (χ2n) is 8.04. The van der Waals surface area contributed by atoms with Crippen LogP contribution in [-0.4, -0.2) is 28.4 Å². The summed E-state index contributed by atoms with van der Waals surface area (Å²) in [5.74, 6) is 0.628. The number of rotatable bonds is 5. The topological polar surface area (TPSA) is 75.4 Å². The fourth-order valence-corrected chi connectivity index (χ4v) is 4.08. The third-order valence-electron chi connectivity index (χ3n) is 5.75. The highest BCUT2D eigenvalue weighted by molar-refractivity contribution is 6.07. The van der Waals surface area contributed by atoms with Gasteiger partial charge in [-0.05, 0) is 48.7 Å². The monoisotopic (exact) mass is 425 g/mol. The molecule has 6 heteroatoms. The number of likely N-dealkylation sites (tertiary alicyclic amines) is 1. The zero-order chi connectivity index (χ0) is 21.9. The molecule has 1 saturated heterocycles. The van der Waals surface area contributed by atoms with E-state index in [9.17, 15) is 9.59 Å². The molecule has 0 saturated carbocycles. The summed E-state index contributed by atoms with van der Waals surface area (Å²) in [6.45, 7) is 1.35. The van der Waals surface area contributed by atoms with Gasteiger partial charge in [-0.15, -0.1) is 0 Å². The molecule has 1 aromatic heterocycles. The van der Waals surface area contributed by atoms with Crippen molar-refractivity contribution in [2.75, 3.05) is 11.9 Å². The van der Waals surface area contributed by atoms with Crippen LogP contribution < -0.4 is 5.32 Å². The molecule has 4 aromatic rings. The Balaban J connectivity index is 1.35. The van der Waals surface area contributed by atoms with E-state index in [4.69, 9.17) is 4.52 Å². The number of hydrogen-bond donors (Lipinski definition) is 1. The van der Waals surface area contributed by atoms with Crippen LogP contribution in [0.15, 0.2) is 77.3 Å². The highest BCUT2D eigenvalue weighted by Crippen LogP contribution is 2.29. The van der Waals surface area contributed by atoms with Crippen LogP contribution >= 0.6 is 0 Å². The number of carbonyl (C=O) groups excluding carboxylic acids is 2. The Kier molecular flexibility index (Phi) is 5.42. The van der Waals surface area contributed by atoms with Gasteiger partial charge in [0.1, 0.15) is 5.52 Å². The van der Waals surface area contributed by atoms with E-state index in [1.165, 1.54) is 0 Å². The van der Waals surface area contributed by atoms with Crippen molar-refractivity contribution >= 4 is 28.4 Å². The Morgan fingerprint density at radius 2 is 1.88 bits per heavy atom. The molecule has 2 amide bonds. The zero-order valence-corrected chi connectivity index (χ0v) is 17.6. The lowest BCUT2D eigenvalue weighted by Crippen LogP contribution is -2.34. The van der Waals surface area contributed by atoms with Gasteiger partial charge in [0, 0.05) is 36.3 Å². The van der Waals surface area contributed by atoms with Crippen LogP contribution in [0.3, 0.4) is 0 Å². The van der Waals surface area contributed by atoms with Crippen molar-refractivity contribution in [2.24, 2.45) is 0 Å². The predicted molar refractivity (Wildman–Crippen MR) is 123 cm³/mol. The molecular weight excluding hydrogens is 402 g/mol. The standard InChI is InChI=1S/C26H23N3O3/c30-24-11-4-5-14-29(24)17-18-7-6-10-21(15-18)27-26(31)20-12-13-23-22(16-20)25(32-28-23)19-8-2-1-3-9-19/h1-3,6-10,12-13,15-16H,4-5,11,14,17H2,(H,27,31). The lowest BCUT2D eigenvalue weighted by molar-refractivity contribution is -0.133. The Labute approximate surface area is 185 Å². The molecule has 0 atom stereocenters. The van der Waals surface area contributed by atoms with Gasteiger partial charge < -0.3 is 14.7 Å². The van der Waals surface area contributed by atoms with Gasteiger partial charge in [-0.3, -0.25) is 9.59 Å². The fraction of sp³-hybridized carbons (Fsp3) is 0.192. The summed E-state index contributed by atoms with van der Waals surface area (Å²) in [5, 5.41) is 7.88. The van der Waals surface area contributed by atoms with Gasteiger partial charge in [0.05, 0.1) is 5.39 Å². The summed E-state index contributed by atoms with van der Waals surface area (Å²) in [7, 11) is 0. The van der Waals surface area contributed by atoms with Crippen molar-refractivity contribution in [3.63, 3.8) is 0 Å². The molecule has 2 heterocycles. The van der Waals surface area contributed by atoms with Crippen LogP contribution in [0.25, 0.3) is 22.2 Å². The number of aromatic nitrogens is 1. The van der Waals surface area contributed by atoms with Crippen molar-refractivity contribution in [1.82, 2.24) is 10.1 Å². The van der Waals surface area contributed by atoms with E-state index in [1.807, 2.05) is 59.5 Å². The molecule has 160 valence electrons. The first kappa shape index (κ1) is 20.0. The van der Waals surface area contributed by atoms with Gasteiger partial charge >= 0.3 is 0 Å². The van der Waals surface area contributed by atoms with Crippen LogP contribution in [0, 0.1) is 0 Å². The zero-order valence-electron chi connectivity index (χ0n) is 17.6. The normalized spacial score (nSPS) is 14.0. The predicted octanol–water partition coefficient (Wildman–Crippen LogP) is 5.26. The molecule has 0 unspecified atom stereocenters. The Bertz CT molecular complexity index is 1280. The highest BCUT2D eigenvalue weighted by Gasteiger charge is 2.18. The average molecular weight is 425 g/mol. The van der Waals surface area contributed by atoms with Crippen LogP contribution in [0.1, 0.15) is 35.2 Å². The van der Waals surface area contributed by atoms with Gasteiger partial charge in [0.15, 0.2) is 5.76 Å². The number of nitrogens with zero attached hydrogens (tertiary/aromatic N) is 2. The van der Waals surface area contributed by atoms with Crippen molar-refractivity contribution in [3.05, 3.63) is 83.9 Å². The number of hydrogen-bond acceptors (Lipinski definition) is 4. The summed E-state index contributed by atoms with van der Waals surface area (Å²) in [4.78, 5) is 26.9. The first-order valence-electron chi connectivity index (χ1n) is 10.8. The van der Waals surface area contributed by atoms with Crippen LogP contribution in [0.5, 0.6) is 0 Å². The molecule has 6 nitrogen and oxygen atoms in total. The van der Waals surface area contributed by atoms with E-state index < -0.39 is 0 Å². The van der Waals surface area contributed by atoms with Crippen molar-refractivity contribution in [1.29, 1.82) is 0 Å². The summed E-state index contributed by atoms with van der Waals surface area (Å²) in [5.41, 5.74) is 3.83. The fourth-order valence-electron chi connectivity index (χ4n) is 4.08.